The number of hydrogen-bond acceptors (Lipinski definition) is 2. The lowest BCUT2D eigenvalue weighted by molar-refractivity contribution is 0.403. The van der Waals surface area contributed by atoms with E-state index >= 15 is 0 Å². The van der Waals surface area contributed by atoms with E-state index in [4.69, 9.17) is 10.2 Å². The first-order chi connectivity index (χ1) is 5.11. The number of benzene rings is 1. The zero-order valence-electron chi connectivity index (χ0n) is 6.70. The van der Waals surface area contributed by atoms with Gasteiger partial charge in [-0.1, -0.05) is 19.9 Å². The summed E-state index contributed by atoms with van der Waals surface area (Å²) in [6.07, 6.45) is 0. The van der Waals surface area contributed by atoms with Gasteiger partial charge < -0.3 is 10.2 Å². The molecule has 2 nitrogen and oxygen atoms in total. The van der Waals surface area contributed by atoms with Gasteiger partial charge in [-0.25, -0.2) is 0 Å². The van der Waals surface area contributed by atoms with E-state index in [0.29, 0.717) is 5.92 Å². The number of rotatable bonds is 1. The van der Waals surface area contributed by atoms with Crippen molar-refractivity contribution >= 4 is 0 Å². The van der Waals surface area contributed by atoms with Crippen molar-refractivity contribution in [3.05, 3.63) is 23.8 Å². The molecule has 1 aromatic rings. The van der Waals surface area contributed by atoms with E-state index in [1.165, 1.54) is 6.07 Å². The second-order valence-electron chi connectivity index (χ2n) is 2.90. The fraction of sp³-hybridized carbons (Fsp3) is 0.333. The molecule has 1 rings (SSSR count). The molecule has 0 bridgehead atoms. The van der Waals surface area contributed by atoms with E-state index in [1.807, 2.05) is 13.8 Å². The van der Waals surface area contributed by atoms with Crippen molar-refractivity contribution in [1.82, 2.24) is 0 Å². The maximum Gasteiger partial charge on any atom is 0.157 e. The molecule has 0 aromatic heterocycles. The molecule has 60 valence electrons. The van der Waals surface area contributed by atoms with Crippen LogP contribution in [0.5, 0.6) is 11.5 Å². The molecule has 0 atom stereocenters. The van der Waals surface area contributed by atoms with Crippen molar-refractivity contribution in [3.63, 3.8) is 0 Å². The first kappa shape index (κ1) is 7.92. The van der Waals surface area contributed by atoms with Crippen LogP contribution in [-0.4, -0.2) is 10.2 Å². The van der Waals surface area contributed by atoms with Gasteiger partial charge in [0.2, 0.25) is 0 Å². The lowest BCUT2D eigenvalue weighted by Gasteiger charge is -2.05. The maximum absolute atomic E-state index is 9.10. The third-order valence-electron chi connectivity index (χ3n) is 1.67. The van der Waals surface area contributed by atoms with Crippen molar-refractivity contribution in [1.29, 1.82) is 0 Å². The molecular weight excluding hydrogens is 140 g/mol. The van der Waals surface area contributed by atoms with Crippen LogP contribution in [0, 0.1) is 0 Å². The Bertz CT molecular complexity index is 254. The van der Waals surface area contributed by atoms with E-state index in [-0.39, 0.29) is 11.5 Å². The van der Waals surface area contributed by atoms with E-state index in [9.17, 15) is 0 Å². The highest BCUT2D eigenvalue weighted by Gasteiger charge is 2.02. The van der Waals surface area contributed by atoms with Crippen LogP contribution in [0.1, 0.15) is 25.3 Å². The van der Waals surface area contributed by atoms with Gasteiger partial charge >= 0.3 is 0 Å². The van der Waals surface area contributed by atoms with Crippen molar-refractivity contribution in [2.45, 2.75) is 19.8 Å². The monoisotopic (exact) mass is 152 g/mol. The van der Waals surface area contributed by atoms with E-state index < -0.39 is 0 Å². The molecule has 0 spiro atoms. The Morgan fingerprint density at radius 2 is 1.73 bits per heavy atom. The first-order valence-electron chi connectivity index (χ1n) is 3.63. The Labute approximate surface area is 66.1 Å². The number of phenols is 2. The average Bonchev–Trinajstić information content (AvgIpc) is 1.94. The summed E-state index contributed by atoms with van der Waals surface area (Å²) in [7, 11) is 0. The summed E-state index contributed by atoms with van der Waals surface area (Å²) in [4.78, 5) is 0. The highest BCUT2D eigenvalue weighted by Crippen LogP contribution is 2.27. The fourth-order valence-electron chi connectivity index (χ4n) is 0.900. The molecule has 0 heterocycles. The SMILES string of the molecule is CC(C)c1ccc(O)c(O)c1. The zero-order valence-corrected chi connectivity index (χ0v) is 6.70. The summed E-state index contributed by atoms with van der Waals surface area (Å²) >= 11 is 0. The van der Waals surface area contributed by atoms with Crippen LogP contribution in [0.25, 0.3) is 0 Å². The minimum atomic E-state index is -0.0607. The molecule has 0 aliphatic heterocycles. The van der Waals surface area contributed by atoms with Gasteiger partial charge in [-0.3, -0.25) is 0 Å². The summed E-state index contributed by atoms with van der Waals surface area (Å²) in [5, 5.41) is 18.1. The quantitative estimate of drug-likeness (QED) is 0.606. The molecule has 0 amide bonds. The molecule has 0 aliphatic carbocycles. The number of phenolic OH excluding ortho intramolecular Hbond substituents is 2. The van der Waals surface area contributed by atoms with Gasteiger partial charge in [0.1, 0.15) is 0 Å². The van der Waals surface area contributed by atoms with Gasteiger partial charge in [0.05, 0.1) is 0 Å². The maximum atomic E-state index is 9.10. The Morgan fingerprint density at radius 3 is 2.18 bits per heavy atom. The molecule has 0 fully saturated rings. The molecule has 2 heteroatoms. The average molecular weight is 152 g/mol. The van der Waals surface area contributed by atoms with E-state index in [2.05, 4.69) is 0 Å². The van der Waals surface area contributed by atoms with Crippen LogP contribution < -0.4 is 0 Å². The Morgan fingerprint density at radius 1 is 1.09 bits per heavy atom. The number of aromatic hydroxyl groups is 2. The summed E-state index contributed by atoms with van der Waals surface area (Å²) in [5.41, 5.74) is 1.03. The predicted octanol–water partition coefficient (Wildman–Crippen LogP) is 2.22. The van der Waals surface area contributed by atoms with Crippen molar-refractivity contribution < 1.29 is 10.2 Å². The Balaban J connectivity index is 3.05. The van der Waals surface area contributed by atoms with E-state index in [0.717, 1.165) is 5.56 Å². The normalized spacial score (nSPS) is 10.5. The third-order valence-corrected chi connectivity index (χ3v) is 1.67. The lowest BCUT2D eigenvalue weighted by Crippen LogP contribution is -1.85. The van der Waals surface area contributed by atoms with Crippen LogP contribution in [-0.2, 0) is 0 Å². The van der Waals surface area contributed by atoms with Crippen molar-refractivity contribution in [3.8, 4) is 11.5 Å². The van der Waals surface area contributed by atoms with E-state index in [1.54, 1.807) is 12.1 Å². The minimum Gasteiger partial charge on any atom is -0.504 e. The lowest BCUT2D eigenvalue weighted by atomic mass is 10.0. The van der Waals surface area contributed by atoms with Gasteiger partial charge in [-0.2, -0.15) is 0 Å². The van der Waals surface area contributed by atoms with Crippen LogP contribution in [0.3, 0.4) is 0 Å². The summed E-state index contributed by atoms with van der Waals surface area (Å²) in [5.74, 6) is 0.270. The molecule has 0 aliphatic rings. The van der Waals surface area contributed by atoms with Crippen molar-refractivity contribution in [2.75, 3.05) is 0 Å². The fourth-order valence-corrected chi connectivity index (χ4v) is 0.900. The summed E-state index contributed by atoms with van der Waals surface area (Å²) < 4.78 is 0. The molecule has 1 aromatic carbocycles. The zero-order chi connectivity index (χ0) is 8.43. The smallest absolute Gasteiger partial charge is 0.157 e. The standard InChI is InChI=1S/C9H12O2/c1-6(2)7-3-4-8(10)9(11)5-7/h3-6,10-11H,1-2H3. The highest BCUT2D eigenvalue weighted by molar-refractivity contribution is 5.41. The summed E-state index contributed by atoms with van der Waals surface area (Å²) in [6.45, 7) is 4.07. The Kier molecular flexibility index (Phi) is 2.03. The summed E-state index contributed by atoms with van der Waals surface area (Å²) in [6, 6.07) is 4.89. The molecule has 0 radical (unpaired) electrons. The van der Waals surface area contributed by atoms with Crippen LogP contribution in [0.2, 0.25) is 0 Å². The largest absolute Gasteiger partial charge is 0.504 e. The molecule has 0 unspecified atom stereocenters. The third kappa shape index (κ3) is 1.64. The molecule has 11 heavy (non-hydrogen) atoms. The first-order valence-corrected chi connectivity index (χ1v) is 3.63. The minimum absolute atomic E-state index is 0.0452. The molecular formula is C9H12O2. The number of hydrogen-bond donors (Lipinski definition) is 2. The van der Waals surface area contributed by atoms with Gasteiger partial charge in [0, 0.05) is 0 Å². The predicted molar refractivity (Wildman–Crippen MR) is 43.9 cm³/mol. The van der Waals surface area contributed by atoms with Crippen LogP contribution >= 0.6 is 0 Å². The van der Waals surface area contributed by atoms with Gasteiger partial charge in [-0.05, 0) is 23.6 Å². The second kappa shape index (κ2) is 2.82. The molecule has 0 saturated carbocycles. The molecule has 2 N–H and O–H groups in total. The van der Waals surface area contributed by atoms with Gasteiger partial charge in [0.15, 0.2) is 11.5 Å². The topological polar surface area (TPSA) is 40.5 Å². The Hall–Kier alpha value is -1.18. The molecule has 0 saturated heterocycles. The second-order valence-corrected chi connectivity index (χ2v) is 2.90. The highest BCUT2D eigenvalue weighted by atomic mass is 16.3. The van der Waals surface area contributed by atoms with Crippen LogP contribution in [0.4, 0.5) is 0 Å². The van der Waals surface area contributed by atoms with Crippen LogP contribution in [0.15, 0.2) is 18.2 Å². The van der Waals surface area contributed by atoms with Crippen molar-refractivity contribution in [2.24, 2.45) is 0 Å². The van der Waals surface area contributed by atoms with Gasteiger partial charge in [-0.15, -0.1) is 0 Å². The van der Waals surface area contributed by atoms with Gasteiger partial charge in [0.25, 0.3) is 0 Å².